The molecule has 0 radical (unpaired) electrons. The second-order valence-electron chi connectivity index (χ2n) is 4.40. The number of benzene rings is 1. The van der Waals surface area contributed by atoms with Crippen molar-refractivity contribution in [2.24, 2.45) is 5.92 Å². The third kappa shape index (κ3) is 3.73. The Hall–Kier alpha value is -0.730. The van der Waals surface area contributed by atoms with Crippen molar-refractivity contribution in [3.05, 3.63) is 28.8 Å². The molecular formula is C12H19ClN2. The Morgan fingerprint density at radius 2 is 2.07 bits per heavy atom. The molecule has 0 amide bonds. The molecule has 0 aliphatic rings. The normalized spacial score (nSPS) is 11.3. The zero-order valence-electron chi connectivity index (χ0n) is 9.63. The predicted octanol–water partition coefficient (Wildman–Crippen LogP) is 3.01. The van der Waals surface area contributed by atoms with E-state index in [2.05, 4.69) is 25.8 Å². The van der Waals surface area contributed by atoms with Gasteiger partial charge in [-0.3, -0.25) is 0 Å². The molecule has 0 atom stereocenters. The van der Waals surface area contributed by atoms with Gasteiger partial charge in [0.2, 0.25) is 0 Å². The molecule has 0 saturated carbocycles. The van der Waals surface area contributed by atoms with Crippen molar-refractivity contribution in [1.82, 2.24) is 4.90 Å². The lowest BCUT2D eigenvalue weighted by Gasteiger charge is -2.20. The van der Waals surface area contributed by atoms with Gasteiger partial charge in [0.05, 0.1) is 0 Å². The fourth-order valence-electron chi connectivity index (χ4n) is 1.70. The standard InChI is InChI=1S/C12H19ClN2/c1-9(2)7-15(3)8-10-11(13)5-4-6-12(10)14/h4-6,9H,7-8,14H2,1-3H3. The summed E-state index contributed by atoms with van der Waals surface area (Å²) in [7, 11) is 2.09. The predicted molar refractivity (Wildman–Crippen MR) is 67.0 cm³/mol. The van der Waals surface area contributed by atoms with E-state index in [0.717, 1.165) is 29.4 Å². The van der Waals surface area contributed by atoms with Gasteiger partial charge < -0.3 is 10.6 Å². The molecule has 0 fully saturated rings. The van der Waals surface area contributed by atoms with Gasteiger partial charge in [-0.15, -0.1) is 0 Å². The topological polar surface area (TPSA) is 29.3 Å². The summed E-state index contributed by atoms with van der Waals surface area (Å²) >= 11 is 6.10. The van der Waals surface area contributed by atoms with Gasteiger partial charge in [0.15, 0.2) is 0 Å². The quantitative estimate of drug-likeness (QED) is 0.800. The van der Waals surface area contributed by atoms with Crippen molar-refractivity contribution in [2.75, 3.05) is 19.3 Å². The molecule has 84 valence electrons. The molecule has 0 spiro atoms. The van der Waals surface area contributed by atoms with Crippen LogP contribution in [0.15, 0.2) is 18.2 Å². The van der Waals surface area contributed by atoms with E-state index in [0.29, 0.717) is 5.92 Å². The molecule has 0 unspecified atom stereocenters. The van der Waals surface area contributed by atoms with Crippen molar-refractivity contribution in [3.63, 3.8) is 0 Å². The second kappa shape index (κ2) is 5.38. The van der Waals surface area contributed by atoms with Crippen LogP contribution in [-0.4, -0.2) is 18.5 Å². The van der Waals surface area contributed by atoms with E-state index in [4.69, 9.17) is 17.3 Å². The summed E-state index contributed by atoms with van der Waals surface area (Å²) < 4.78 is 0. The molecule has 0 saturated heterocycles. The lowest BCUT2D eigenvalue weighted by Crippen LogP contribution is -2.23. The molecule has 2 nitrogen and oxygen atoms in total. The molecule has 0 aliphatic carbocycles. The molecule has 1 rings (SSSR count). The van der Waals surface area contributed by atoms with Crippen LogP contribution in [0.5, 0.6) is 0 Å². The minimum Gasteiger partial charge on any atom is -0.398 e. The third-order valence-electron chi connectivity index (χ3n) is 2.26. The maximum Gasteiger partial charge on any atom is 0.0471 e. The van der Waals surface area contributed by atoms with Gasteiger partial charge >= 0.3 is 0 Å². The van der Waals surface area contributed by atoms with Gasteiger partial charge in [0.1, 0.15) is 0 Å². The Bertz CT molecular complexity index is 303. The first kappa shape index (κ1) is 12.3. The van der Waals surface area contributed by atoms with E-state index in [1.54, 1.807) is 0 Å². The summed E-state index contributed by atoms with van der Waals surface area (Å²) in [4.78, 5) is 2.24. The maximum absolute atomic E-state index is 6.10. The number of nitrogen functional groups attached to an aromatic ring is 1. The fourth-order valence-corrected chi connectivity index (χ4v) is 1.94. The van der Waals surface area contributed by atoms with Crippen LogP contribution in [0.4, 0.5) is 5.69 Å². The smallest absolute Gasteiger partial charge is 0.0471 e. The average molecular weight is 227 g/mol. The highest BCUT2D eigenvalue weighted by Crippen LogP contribution is 2.23. The van der Waals surface area contributed by atoms with Gasteiger partial charge in [-0.1, -0.05) is 31.5 Å². The summed E-state index contributed by atoms with van der Waals surface area (Å²) in [5.41, 5.74) is 7.70. The van der Waals surface area contributed by atoms with Crippen molar-refractivity contribution < 1.29 is 0 Å². The molecule has 0 aliphatic heterocycles. The van der Waals surface area contributed by atoms with Gasteiger partial charge in [-0.05, 0) is 25.1 Å². The first-order chi connectivity index (χ1) is 7.00. The number of hydrogen-bond acceptors (Lipinski definition) is 2. The number of nitrogens with two attached hydrogens (primary N) is 1. The van der Waals surface area contributed by atoms with Gasteiger partial charge in [0, 0.05) is 29.4 Å². The Kier molecular flexibility index (Phi) is 4.43. The molecule has 0 heterocycles. The minimum atomic E-state index is 0.652. The average Bonchev–Trinajstić information content (AvgIpc) is 2.10. The van der Waals surface area contributed by atoms with Crippen LogP contribution >= 0.6 is 11.6 Å². The first-order valence-corrected chi connectivity index (χ1v) is 5.60. The summed E-state index contributed by atoms with van der Waals surface area (Å²) in [5.74, 6) is 0.652. The third-order valence-corrected chi connectivity index (χ3v) is 2.61. The Morgan fingerprint density at radius 3 is 2.60 bits per heavy atom. The van der Waals surface area contributed by atoms with E-state index < -0.39 is 0 Å². The van der Waals surface area contributed by atoms with Crippen molar-refractivity contribution in [1.29, 1.82) is 0 Å². The van der Waals surface area contributed by atoms with Crippen LogP contribution in [0.25, 0.3) is 0 Å². The Labute approximate surface area is 97.0 Å². The summed E-state index contributed by atoms with van der Waals surface area (Å²) in [6, 6.07) is 5.66. The summed E-state index contributed by atoms with van der Waals surface area (Å²) in [5, 5.41) is 0.755. The molecule has 1 aromatic rings. The van der Waals surface area contributed by atoms with Crippen molar-refractivity contribution >= 4 is 17.3 Å². The molecular weight excluding hydrogens is 208 g/mol. The van der Waals surface area contributed by atoms with E-state index in [-0.39, 0.29) is 0 Å². The lowest BCUT2D eigenvalue weighted by molar-refractivity contribution is 0.289. The highest BCUT2D eigenvalue weighted by Gasteiger charge is 2.08. The molecule has 2 N–H and O–H groups in total. The van der Waals surface area contributed by atoms with Crippen molar-refractivity contribution in [2.45, 2.75) is 20.4 Å². The van der Waals surface area contributed by atoms with E-state index in [1.807, 2.05) is 18.2 Å². The van der Waals surface area contributed by atoms with Crippen molar-refractivity contribution in [3.8, 4) is 0 Å². The van der Waals surface area contributed by atoms with Gasteiger partial charge in [-0.25, -0.2) is 0 Å². The molecule has 0 bridgehead atoms. The maximum atomic E-state index is 6.10. The molecule has 3 heteroatoms. The number of hydrogen-bond donors (Lipinski definition) is 1. The second-order valence-corrected chi connectivity index (χ2v) is 4.81. The first-order valence-electron chi connectivity index (χ1n) is 5.22. The number of nitrogens with zero attached hydrogens (tertiary/aromatic N) is 1. The Balaban J connectivity index is 2.71. The largest absolute Gasteiger partial charge is 0.398 e. The summed E-state index contributed by atoms with van der Waals surface area (Å²) in [6.45, 7) is 6.26. The zero-order valence-corrected chi connectivity index (χ0v) is 10.4. The highest BCUT2D eigenvalue weighted by molar-refractivity contribution is 6.31. The fraction of sp³-hybridized carbons (Fsp3) is 0.500. The lowest BCUT2D eigenvalue weighted by atomic mass is 10.1. The van der Waals surface area contributed by atoms with Crippen LogP contribution in [0.3, 0.4) is 0 Å². The Morgan fingerprint density at radius 1 is 1.40 bits per heavy atom. The monoisotopic (exact) mass is 226 g/mol. The number of rotatable bonds is 4. The number of halogens is 1. The van der Waals surface area contributed by atoms with E-state index >= 15 is 0 Å². The van der Waals surface area contributed by atoms with Gasteiger partial charge in [0.25, 0.3) is 0 Å². The van der Waals surface area contributed by atoms with Crippen LogP contribution < -0.4 is 5.73 Å². The zero-order chi connectivity index (χ0) is 11.4. The highest BCUT2D eigenvalue weighted by atomic mass is 35.5. The van der Waals surface area contributed by atoms with Crippen LogP contribution in [-0.2, 0) is 6.54 Å². The molecule has 15 heavy (non-hydrogen) atoms. The minimum absolute atomic E-state index is 0.652. The van der Waals surface area contributed by atoms with Crippen LogP contribution in [0.1, 0.15) is 19.4 Å². The van der Waals surface area contributed by atoms with Crippen LogP contribution in [0, 0.1) is 5.92 Å². The molecule has 1 aromatic carbocycles. The van der Waals surface area contributed by atoms with E-state index in [1.165, 1.54) is 0 Å². The van der Waals surface area contributed by atoms with Crippen LogP contribution in [0.2, 0.25) is 5.02 Å². The molecule has 0 aromatic heterocycles. The SMILES string of the molecule is CC(C)CN(C)Cc1c(N)cccc1Cl. The van der Waals surface area contributed by atoms with E-state index in [9.17, 15) is 0 Å². The van der Waals surface area contributed by atoms with Gasteiger partial charge in [-0.2, -0.15) is 0 Å². The summed E-state index contributed by atoms with van der Waals surface area (Å²) in [6.07, 6.45) is 0. The number of anilines is 1.